The molecule has 0 atom stereocenters. The van der Waals surface area contributed by atoms with Crippen molar-refractivity contribution in [3.05, 3.63) is 65.5 Å². The molecule has 0 fully saturated rings. The number of aryl methyl sites for hydroxylation is 3. The fourth-order valence-electron chi connectivity index (χ4n) is 1.51. The maximum Gasteiger partial charge on any atom is 0.0267 e. The van der Waals surface area contributed by atoms with Crippen molar-refractivity contribution in [3.8, 4) is 0 Å². The molecule has 0 saturated carbocycles. The third-order valence-corrected chi connectivity index (χ3v) is 1.93. The van der Waals surface area contributed by atoms with E-state index in [4.69, 9.17) is 0 Å². The lowest BCUT2D eigenvalue weighted by molar-refractivity contribution is 1.32. The highest BCUT2D eigenvalue weighted by molar-refractivity contribution is 5.27. The first-order chi connectivity index (χ1) is 7.18. The number of rotatable bonds is 0. The summed E-state index contributed by atoms with van der Waals surface area (Å²) in [6.07, 6.45) is 3.50. The van der Waals surface area contributed by atoms with Crippen molar-refractivity contribution in [3.63, 3.8) is 0 Å². The van der Waals surface area contributed by atoms with Crippen LogP contribution in [-0.4, -0.2) is 4.98 Å². The monoisotopic (exact) mass is 199 g/mol. The fraction of sp³-hybridized carbons (Fsp3) is 0.214. The minimum Gasteiger partial charge on any atom is -0.265 e. The van der Waals surface area contributed by atoms with Crippen molar-refractivity contribution in [2.24, 2.45) is 0 Å². The van der Waals surface area contributed by atoms with Crippen LogP contribution in [0.2, 0.25) is 0 Å². The summed E-state index contributed by atoms with van der Waals surface area (Å²) in [5.74, 6) is 0. The van der Waals surface area contributed by atoms with Crippen molar-refractivity contribution in [2.75, 3.05) is 0 Å². The molecule has 0 aliphatic carbocycles. The van der Waals surface area contributed by atoms with E-state index in [2.05, 4.69) is 44.0 Å². The van der Waals surface area contributed by atoms with Crippen LogP contribution >= 0.6 is 0 Å². The Morgan fingerprint density at radius 2 is 1.07 bits per heavy atom. The van der Waals surface area contributed by atoms with E-state index in [1.807, 2.05) is 18.2 Å². The molecule has 1 aromatic carbocycles. The Balaban J connectivity index is 0.000000162. The highest BCUT2D eigenvalue weighted by atomic mass is 14.6. The Morgan fingerprint density at radius 3 is 1.27 bits per heavy atom. The molecule has 2 rings (SSSR count). The van der Waals surface area contributed by atoms with Crippen LogP contribution in [0.5, 0.6) is 0 Å². The molecule has 1 heteroatoms. The van der Waals surface area contributed by atoms with Crippen LogP contribution in [0, 0.1) is 20.8 Å². The molecule has 0 saturated heterocycles. The molecule has 0 spiro atoms. The summed E-state index contributed by atoms with van der Waals surface area (Å²) in [6.45, 7) is 6.38. The number of aromatic nitrogens is 1. The molecular weight excluding hydrogens is 182 g/mol. The molecular formula is C14H17N. The molecule has 1 nitrogen and oxygen atoms in total. The van der Waals surface area contributed by atoms with E-state index in [9.17, 15) is 0 Å². The Labute approximate surface area is 91.8 Å². The molecule has 0 radical (unpaired) electrons. The highest BCUT2D eigenvalue weighted by Crippen LogP contribution is 2.06. The van der Waals surface area contributed by atoms with E-state index in [-0.39, 0.29) is 0 Å². The molecule has 0 unspecified atom stereocenters. The van der Waals surface area contributed by atoms with Crippen LogP contribution < -0.4 is 0 Å². The Bertz CT molecular complexity index is 316. The van der Waals surface area contributed by atoms with Crippen molar-refractivity contribution >= 4 is 0 Å². The highest BCUT2D eigenvalue weighted by Gasteiger charge is 1.87. The van der Waals surface area contributed by atoms with Gasteiger partial charge in [-0.05, 0) is 32.9 Å². The second kappa shape index (κ2) is 5.97. The Morgan fingerprint density at radius 1 is 0.667 bits per heavy atom. The zero-order chi connectivity index (χ0) is 11.1. The van der Waals surface area contributed by atoms with Gasteiger partial charge >= 0.3 is 0 Å². The van der Waals surface area contributed by atoms with Gasteiger partial charge in [0.25, 0.3) is 0 Å². The molecule has 0 amide bonds. The zero-order valence-corrected chi connectivity index (χ0v) is 9.57. The van der Waals surface area contributed by atoms with Crippen molar-refractivity contribution in [1.82, 2.24) is 4.98 Å². The number of hydrogen-bond donors (Lipinski definition) is 0. The van der Waals surface area contributed by atoms with Gasteiger partial charge in [0.1, 0.15) is 0 Å². The topological polar surface area (TPSA) is 12.9 Å². The first-order valence-electron chi connectivity index (χ1n) is 5.08. The third kappa shape index (κ3) is 4.96. The molecule has 0 aliphatic heterocycles. The molecule has 0 aliphatic rings. The average Bonchev–Trinajstić information content (AvgIpc) is 2.19. The SMILES string of the molecule is Cc1cc(C)cc(C)c1.c1ccncc1. The second-order valence-electron chi connectivity index (χ2n) is 3.69. The average molecular weight is 199 g/mol. The lowest BCUT2D eigenvalue weighted by atomic mass is 10.1. The van der Waals surface area contributed by atoms with Crippen LogP contribution in [0.4, 0.5) is 0 Å². The number of nitrogens with zero attached hydrogens (tertiary/aromatic N) is 1. The summed E-state index contributed by atoms with van der Waals surface area (Å²) < 4.78 is 0. The summed E-state index contributed by atoms with van der Waals surface area (Å²) in [5, 5.41) is 0. The quantitative estimate of drug-likeness (QED) is 0.630. The summed E-state index contributed by atoms with van der Waals surface area (Å²) >= 11 is 0. The van der Waals surface area contributed by atoms with Gasteiger partial charge in [0.15, 0.2) is 0 Å². The zero-order valence-electron chi connectivity index (χ0n) is 9.57. The maximum atomic E-state index is 3.78. The van der Waals surface area contributed by atoms with Crippen LogP contribution in [0.25, 0.3) is 0 Å². The smallest absolute Gasteiger partial charge is 0.0267 e. The van der Waals surface area contributed by atoms with E-state index in [0.29, 0.717) is 0 Å². The predicted octanol–water partition coefficient (Wildman–Crippen LogP) is 3.69. The Hall–Kier alpha value is -1.63. The molecule has 1 heterocycles. The van der Waals surface area contributed by atoms with Gasteiger partial charge in [-0.25, -0.2) is 0 Å². The van der Waals surface area contributed by atoms with E-state index in [1.165, 1.54) is 16.7 Å². The van der Waals surface area contributed by atoms with Gasteiger partial charge in [-0.3, -0.25) is 4.98 Å². The van der Waals surface area contributed by atoms with Gasteiger partial charge < -0.3 is 0 Å². The van der Waals surface area contributed by atoms with E-state index in [0.717, 1.165) is 0 Å². The van der Waals surface area contributed by atoms with Crippen molar-refractivity contribution in [1.29, 1.82) is 0 Å². The van der Waals surface area contributed by atoms with Gasteiger partial charge in [-0.1, -0.05) is 41.0 Å². The molecule has 78 valence electrons. The van der Waals surface area contributed by atoms with Gasteiger partial charge in [0.05, 0.1) is 0 Å². The molecule has 15 heavy (non-hydrogen) atoms. The van der Waals surface area contributed by atoms with Crippen LogP contribution in [0.1, 0.15) is 16.7 Å². The number of benzene rings is 1. The van der Waals surface area contributed by atoms with E-state index < -0.39 is 0 Å². The summed E-state index contributed by atoms with van der Waals surface area (Å²) in [6, 6.07) is 12.3. The lowest BCUT2D eigenvalue weighted by Gasteiger charge is -1.96. The third-order valence-electron chi connectivity index (χ3n) is 1.93. The standard InChI is InChI=1S/C9H12.C5H5N/c1-7-4-8(2)6-9(3)5-7;1-2-4-6-5-3-1/h4-6H,1-3H3;1-5H. The largest absolute Gasteiger partial charge is 0.265 e. The van der Waals surface area contributed by atoms with Gasteiger partial charge in [0, 0.05) is 12.4 Å². The van der Waals surface area contributed by atoms with Gasteiger partial charge in [-0.2, -0.15) is 0 Å². The summed E-state index contributed by atoms with van der Waals surface area (Å²) in [7, 11) is 0. The summed E-state index contributed by atoms with van der Waals surface area (Å²) in [4.78, 5) is 3.78. The molecule has 2 aromatic rings. The normalized spacial score (nSPS) is 9.00. The number of hydrogen-bond acceptors (Lipinski definition) is 1. The first kappa shape index (κ1) is 11.4. The lowest BCUT2D eigenvalue weighted by Crippen LogP contribution is -1.78. The molecule has 0 N–H and O–H groups in total. The minimum absolute atomic E-state index is 1.35. The van der Waals surface area contributed by atoms with Crippen molar-refractivity contribution in [2.45, 2.75) is 20.8 Å². The van der Waals surface area contributed by atoms with Crippen molar-refractivity contribution < 1.29 is 0 Å². The van der Waals surface area contributed by atoms with Gasteiger partial charge in [-0.15, -0.1) is 0 Å². The first-order valence-corrected chi connectivity index (χ1v) is 5.08. The predicted molar refractivity (Wildman–Crippen MR) is 64.9 cm³/mol. The fourth-order valence-corrected chi connectivity index (χ4v) is 1.51. The second-order valence-corrected chi connectivity index (χ2v) is 3.69. The molecule has 1 aromatic heterocycles. The molecule has 0 bridgehead atoms. The van der Waals surface area contributed by atoms with Crippen LogP contribution in [0.3, 0.4) is 0 Å². The van der Waals surface area contributed by atoms with Crippen LogP contribution in [-0.2, 0) is 0 Å². The van der Waals surface area contributed by atoms with E-state index in [1.54, 1.807) is 12.4 Å². The maximum absolute atomic E-state index is 3.78. The number of pyridine rings is 1. The minimum atomic E-state index is 1.35. The van der Waals surface area contributed by atoms with Gasteiger partial charge in [0.2, 0.25) is 0 Å². The van der Waals surface area contributed by atoms with Crippen LogP contribution in [0.15, 0.2) is 48.8 Å². The Kier molecular flexibility index (Phi) is 4.55. The van der Waals surface area contributed by atoms with E-state index >= 15 is 0 Å². The summed E-state index contributed by atoms with van der Waals surface area (Å²) in [5.41, 5.74) is 4.06.